The van der Waals surface area contributed by atoms with E-state index in [-0.39, 0.29) is 25.2 Å². The molecule has 13 nitrogen and oxygen atoms in total. The molecule has 0 saturated carbocycles. The lowest BCUT2D eigenvalue weighted by molar-refractivity contribution is -0.143. The first kappa shape index (κ1) is 28.8. The molecule has 32 heavy (non-hydrogen) atoms. The van der Waals surface area contributed by atoms with Crippen LogP contribution in [0, 0.1) is 5.92 Å². The van der Waals surface area contributed by atoms with E-state index in [1.165, 1.54) is 6.92 Å². The van der Waals surface area contributed by atoms with Gasteiger partial charge in [0.25, 0.3) is 0 Å². The van der Waals surface area contributed by atoms with Crippen molar-refractivity contribution in [2.24, 2.45) is 11.7 Å². The van der Waals surface area contributed by atoms with Gasteiger partial charge in [-0.2, -0.15) is 0 Å². The van der Waals surface area contributed by atoms with Gasteiger partial charge in [-0.15, -0.1) is 0 Å². The standard InChI is InChI=1S/C19H32N4O9/c1-4-9(2)15(23-17(29)11(20)5-7-13(24)25)18(30)21-10(3)16(28)22-12(19(31)32)6-8-14(26)27/h9-12,15H,4-8,20H2,1-3H3,(H,21,30)(H,22,28)(H,23,29)(H,24,25)(H,26,27)(H,31,32). The predicted octanol–water partition coefficient (Wildman–Crippen LogP) is -1.35. The van der Waals surface area contributed by atoms with Crippen LogP contribution < -0.4 is 21.7 Å². The highest BCUT2D eigenvalue weighted by atomic mass is 16.4. The van der Waals surface area contributed by atoms with E-state index in [0.29, 0.717) is 6.42 Å². The Bertz CT molecular complexity index is 713. The molecule has 0 aromatic rings. The van der Waals surface area contributed by atoms with Gasteiger partial charge in [0.05, 0.1) is 6.04 Å². The van der Waals surface area contributed by atoms with Crippen LogP contribution in [0.1, 0.15) is 52.9 Å². The molecule has 0 spiro atoms. The number of nitrogens with two attached hydrogens (primary N) is 1. The number of amides is 3. The number of rotatable bonds is 15. The summed E-state index contributed by atoms with van der Waals surface area (Å²) in [6.07, 6.45) is -0.765. The largest absolute Gasteiger partial charge is 0.481 e. The molecule has 0 aliphatic carbocycles. The Morgan fingerprint density at radius 1 is 0.781 bits per heavy atom. The maximum atomic E-state index is 12.7. The number of hydrogen-bond donors (Lipinski definition) is 7. The lowest BCUT2D eigenvalue weighted by atomic mass is 9.97. The molecule has 13 heteroatoms. The summed E-state index contributed by atoms with van der Waals surface area (Å²) in [6.45, 7) is 4.76. The topological polar surface area (TPSA) is 225 Å². The zero-order chi connectivity index (χ0) is 25.0. The van der Waals surface area contributed by atoms with Crippen molar-refractivity contribution in [3.05, 3.63) is 0 Å². The van der Waals surface area contributed by atoms with E-state index in [2.05, 4.69) is 16.0 Å². The molecule has 182 valence electrons. The minimum Gasteiger partial charge on any atom is -0.481 e. The number of carboxylic acids is 3. The summed E-state index contributed by atoms with van der Waals surface area (Å²) in [4.78, 5) is 69.7. The third-order valence-electron chi connectivity index (χ3n) is 4.81. The van der Waals surface area contributed by atoms with Crippen molar-refractivity contribution >= 4 is 35.6 Å². The molecule has 3 amide bonds. The van der Waals surface area contributed by atoms with Gasteiger partial charge in [0.15, 0.2) is 0 Å². The van der Waals surface area contributed by atoms with Crippen molar-refractivity contribution < 1.29 is 44.1 Å². The zero-order valence-electron chi connectivity index (χ0n) is 18.3. The normalized spacial score (nSPS) is 15.4. The molecule has 0 saturated heterocycles. The molecular formula is C19H32N4O9. The van der Waals surface area contributed by atoms with Crippen molar-refractivity contribution in [1.82, 2.24) is 16.0 Å². The average Bonchev–Trinajstić information content (AvgIpc) is 2.71. The Morgan fingerprint density at radius 3 is 1.78 bits per heavy atom. The molecular weight excluding hydrogens is 428 g/mol. The first-order chi connectivity index (χ1) is 14.8. The fourth-order valence-electron chi connectivity index (χ4n) is 2.56. The van der Waals surface area contributed by atoms with Gasteiger partial charge < -0.3 is 37.0 Å². The molecule has 5 unspecified atom stereocenters. The van der Waals surface area contributed by atoms with Crippen LogP contribution in [0.2, 0.25) is 0 Å². The molecule has 0 fully saturated rings. The fourth-order valence-corrected chi connectivity index (χ4v) is 2.56. The van der Waals surface area contributed by atoms with Gasteiger partial charge in [-0.05, 0) is 25.7 Å². The smallest absolute Gasteiger partial charge is 0.326 e. The highest BCUT2D eigenvalue weighted by Crippen LogP contribution is 2.09. The van der Waals surface area contributed by atoms with Crippen LogP contribution in [0.15, 0.2) is 0 Å². The van der Waals surface area contributed by atoms with Gasteiger partial charge in [-0.3, -0.25) is 24.0 Å². The minimum atomic E-state index is -1.45. The van der Waals surface area contributed by atoms with E-state index in [1.54, 1.807) is 13.8 Å². The molecule has 0 aromatic heterocycles. The summed E-state index contributed by atoms with van der Waals surface area (Å²) in [5.41, 5.74) is 5.67. The van der Waals surface area contributed by atoms with Gasteiger partial charge in [0, 0.05) is 12.8 Å². The Hall–Kier alpha value is -3.22. The minimum absolute atomic E-state index is 0.123. The summed E-state index contributed by atoms with van der Waals surface area (Å²) in [5.74, 6) is -6.39. The fraction of sp³-hybridized carbons (Fsp3) is 0.684. The predicted molar refractivity (Wildman–Crippen MR) is 110 cm³/mol. The van der Waals surface area contributed by atoms with Gasteiger partial charge in [0.2, 0.25) is 17.7 Å². The van der Waals surface area contributed by atoms with Crippen molar-refractivity contribution in [2.75, 3.05) is 0 Å². The summed E-state index contributed by atoms with van der Waals surface area (Å²) in [5, 5.41) is 33.5. The number of aliphatic carboxylic acids is 3. The number of carbonyl (C=O) groups is 6. The van der Waals surface area contributed by atoms with Crippen LogP contribution in [0.4, 0.5) is 0 Å². The summed E-state index contributed by atoms with van der Waals surface area (Å²) < 4.78 is 0. The maximum Gasteiger partial charge on any atom is 0.326 e. The Morgan fingerprint density at radius 2 is 1.31 bits per heavy atom. The Balaban J connectivity index is 5.10. The van der Waals surface area contributed by atoms with E-state index in [1.807, 2.05) is 0 Å². The Labute approximate surface area is 185 Å². The van der Waals surface area contributed by atoms with E-state index in [0.717, 1.165) is 0 Å². The second-order valence-corrected chi connectivity index (χ2v) is 7.47. The highest BCUT2D eigenvalue weighted by molar-refractivity contribution is 5.94. The van der Waals surface area contributed by atoms with E-state index in [9.17, 15) is 28.8 Å². The molecule has 8 N–H and O–H groups in total. The second kappa shape index (κ2) is 14.0. The van der Waals surface area contributed by atoms with Gasteiger partial charge >= 0.3 is 17.9 Å². The lowest BCUT2D eigenvalue weighted by Crippen LogP contribution is -2.58. The molecule has 0 bridgehead atoms. The average molecular weight is 460 g/mol. The van der Waals surface area contributed by atoms with E-state index >= 15 is 0 Å². The van der Waals surface area contributed by atoms with Crippen LogP contribution in [-0.4, -0.2) is 75.1 Å². The van der Waals surface area contributed by atoms with E-state index < -0.39 is 66.2 Å². The van der Waals surface area contributed by atoms with Crippen LogP contribution in [0.25, 0.3) is 0 Å². The third-order valence-corrected chi connectivity index (χ3v) is 4.81. The van der Waals surface area contributed by atoms with Crippen molar-refractivity contribution in [3.8, 4) is 0 Å². The molecule has 0 radical (unpaired) electrons. The monoisotopic (exact) mass is 460 g/mol. The molecule has 0 aliphatic heterocycles. The quantitative estimate of drug-likeness (QED) is 0.152. The first-order valence-corrected chi connectivity index (χ1v) is 10.1. The molecule has 5 atom stereocenters. The van der Waals surface area contributed by atoms with Crippen molar-refractivity contribution in [3.63, 3.8) is 0 Å². The van der Waals surface area contributed by atoms with Gasteiger partial charge in [-0.1, -0.05) is 20.3 Å². The number of nitrogens with one attached hydrogen (secondary N) is 3. The van der Waals surface area contributed by atoms with Crippen LogP contribution in [-0.2, 0) is 28.8 Å². The summed E-state index contributed by atoms with van der Waals surface area (Å²) in [6, 6.07) is -4.84. The SMILES string of the molecule is CCC(C)C(NC(=O)C(N)CCC(=O)O)C(=O)NC(C)C(=O)NC(CCC(=O)O)C(=O)O. The van der Waals surface area contributed by atoms with Crippen LogP contribution in [0.3, 0.4) is 0 Å². The lowest BCUT2D eigenvalue weighted by Gasteiger charge is -2.26. The van der Waals surface area contributed by atoms with Gasteiger partial charge in [-0.25, -0.2) is 4.79 Å². The molecule has 0 aromatic carbocycles. The second-order valence-electron chi connectivity index (χ2n) is 7.47. The maximum absolute atomic E-state index is 12.7. The van der Waals surface area contributed by atoms with Crippen LogP contribution >= 0.6 is 0 Å². The van der Waals surface area contributed by atoms with Crippen LogP contribution in [0.5, 0.6) is 0 Å². The summed E-state index contributed by atoms with van der Waals surface area (Å²) in [7, 11) is 0. The van der Waals surface area contributed by atoms with Crippen molar-refractivity contribution in [1.29, 1.82) is 0 Å². The number of carbonyl (C=O) groups excluding carboxylic acids is 3. The number of carboxylic acid groups (broad SMARTS) is 3. The van der Waals surface area contributed by atoms with Crippen molar-refractivity contribution in [2.45, 2.75) is 77.0 Å². The molecule has 0 aliphatic rings. The molecule has 0 rings (SSSR count). The zero-order valence-corrected chi connectivity index (χ0v) is 18.3. The van der Waals surface area contributed by atoms with E-state index in [4.69, 9.17) is 21.1 Å². The summed E-state index contributed by atoms with van der Waals surface area (Å²) >= 11 is 0. The number of hydrogen-bond acceptors (Lipinski definition) is 7. The third kappa shape index (κ3) is 10.7. The Kier molecular flexibility index (Phi) is 12.6. The highest BCUT2D eigenvalue weighted by Gasteiger charge is 2.31. The molecule has 0 heterocycles. The van der Waals surface area contributed by atoms with Gasteiger partial charge in [0.1, 0.15) is 18.1 Å². The first-order valence-electron chi connectivity index (χ1n) is 10.1.